The highest BCUT2D eigenvalue weighted by molar-refractivity contribution is 6.21. The highest BCUT2D eigenvalue weighted by Gasteiger charge is 2.34. The third-order valence-corrected chi connectivity index (χ3v) is 4.96. The summed E-state index contributed by atoms with van der Waals surface area (Å²) in [7, 11) is 2.06. The molecule has 1 unspecified atom stereocenters. The highest BCUT2D eigenvalue weighted by atomic mass is 16.2. The minimum absolute atomic E-state index is 0.103. The zero-order chi connectivity index (χ0) is 17.3. The molecule has 1 saturated heterocycles. The van der Waals surface area contributed by atoms with Gasteiger partial charge in [-0.1, -0.05) is 12.1 Å². The van der Waals surface area contributed by atoms with Crippen LogP contribution < -0.4 is 0 Å². The van der Waals surface area contributed by atoms with E-state index in [0.717, 1.165) is 19.6 Å². The van der Waals surface area contributed by atoms with Gasteiger partial charge in [0.15, 0.2) is 0 Å². The molecule has 0 aliphatic carbocycles. The molecule has 6 heteroatoms. The van der Waals surface area contributed by atoms with Crippen LogP contribution in [0, 0.1) is 0 Å². The fourth-order valence-electron chi connectivity index (χ4n) is 3.26. The van der Waals surface area contributed by atoms with Crippen LogP contribution in [-0.4, -0.2) is 71.7 Å². The Balaban J connectivity index is 1.52. The topological polar surface area (TPSA) is 60.9 Å². The van der Waals surface area contributed by atoms with Gasteiger partial charge in [0.1, 0.15) is 0 Å². The molecule has 1 aromatic rings. The molecule has 128 valence electrons. The minimum Gasteiger partial charge on any atom is -0.340 e. The minimum atomic E-state index is -0.253. The molecule has 0 radical (unpaired) electrons. The summed E-state index contributed by atoms with van der Waals surface area (Å²) in [4.78, 5) is 42.2. The van der Waals surface area contributed by atoms with Gasteiger partial charge in [0, 0.05) is 38.6 Å². The summed E-state index contributed by atoms with van der Waals surface area (Å²) in [6.45, 7) is 4.76. The third kappa shape index (κ3) is 3.06. The largest absolute Gasteiger partial charge is 0.340 e. The van der Waals surface area contributed by atoms with Crippen LogP contribution in [0.25, 0.3) is 0 Å². The molecule has 0 N–H and O–H groups in total. The first-order valence-electron chi connectivity index (χ1n) is 8.42. The van der Waals surface area contributed by atoms with Gasteiger partial charge >= 0.3 is 0 Å². The van der Waals surface area contributed by atoms with E-state index in [2.05, 4.69) is 18.9 Å². The molecule has 1 atom stereocenters. The van der Waals surface area contributed by atoms with E-state index in [-0.39, 0.29) is 17.7 Å². The number of carbonyl (C=O) groups is 3. The number of benzene rings is 1. The number of hydrogen-bond donors (Lipinski definition) is 0. The maximum atomic E-state index is 12.3. The molecule has 3 amide bonds. The third-order valence-electron chi connectivity index (χ3n) is 4.96. The zero-order valence-electron chi connectivity index (χ0n) is 14.2. The SMILES string of the molecule is CC1CN(C(=O)CCCN2C(=O)c3ccccc3C2=O)CCN1C. The molecule has 0 aromatic heterocycles. The summed E-state index contributed by atoms with van der Waals surface area (Å²) in [6.07, 6.45) is 0.870. The summed E-state index contributed by atoms with van der Waals surface area (Å²) >= 11 is 0. The first-order valence-corrected chi connectivity index (χ1v) is 8.42. The highest BCUT2D eigenvalue weighted by Crippen LogP contribution is 2.22. The Morgan fingerprint density at radius 2 is 1.75 bits per heavy atom. The number of rotatable bonds is 4. The van der Waals surface area contributed by atoms with Crippen molar-refractivity contribution in [2.75, 3.05) is 33.2 Å². The molecule has 1 aromatic carbocycles. The van der Waals surface area contributed by atoms with Crippen molar-refractivity contribution in [2.45, 2.75) is 25.8 Å². The number of hydrogen-bond acceptors (Lipinski definition) is 4. The van der Waals surface area contributed by atoms with Gasteiger partial charge in [0.05, 0.1) is 11.1 Å². The Hall–Kier alpha value is -2.21. The number of likely N-dealkylation sites (N-methyl/N-ethyl adjacent to an activating group) is 1. The first-order chi connectivity index (χ1) is 11.5. The standard InChI is InChI=1S/C18H23N3O3/c1-13-12-20(11-10-19(13)2)16(22)8-5-9-21-17(23)14-6-3-4-7-15(14)18(21)24/h3-4,6-7,13H,5,8-12H2,1-2H3. The maximum Gasteiger partial charge on any atom is 0.261 e. The molecule has 2 heterocycles. The van der Waals surface area contributed by atoms with Gasteiger partial charge in [-0.05, 0) is 32.5 Å². The second kappa shape index (κ2) is 6.73. The van der Waals surface area contributed by atoms with E-state index in [1.807, 2.05) is 4.90 Å². The predicted molar refractivity (Wildman–Crippen MR) is 89.7 cm³/mol. The van der Waals surface area contributed by atoms with Gasteiger partial charge in [-0.25, -0.2) is 0 Å². The number of piperazine rings is 1. The molecule has 0 saturated carbocycles. The van der Waals surface area contributed by atoms with Crippen molar-refractivity contribution in [1.82, 2.24) is 14.7 Å². The van der Waals surface area contributed by atoms with E-state index < -0.39 is 0 Å². The number of amides is 3. The van der Waals surface area contributed by atoms with E-state index in [4.69, 9.17) is 0 Å². The van der Waals surface area contributed by atoms with Crippen LogP contribution in [0.2, 0.25) is 0 Å². The number of nitrogens with zero attached hydrogens (tertiary/aromatic N) is 3. The molecule has 24 heavy (non-hydrogen) atoms. The average Bonchev–Trinajstić information content (AvgIpc) is 2.82. The Bertz CT molecular complexity index is 638. The summed E-state index contributed by atoms with van der Waals surface area (Å²) < 4.78 is 0. The summed E-state index contributed by atoms with van der Waals surface area (Å²) in [6, 6.07) is 7.22. The van der Waals surface area contributed by atoms with E-state index in [9.17, 15) is 14.4 Å². The molecule has 1 fully saturated rings. The lowest BCUT2D eigenvalue weighted by molar-refractivity contribution is -0.133. The molecule has 3 rings (SSSR count). The van der Waals surface area contributed by atoms with Gasteiger partial charge in [-0.15, -0.1) is 0 Å². The van der Waals surface area contributed by atoms with Crippen LogP contribution in [-0.2, 0) is 4.79 Å². The van der Waals surface area contributed by atoms with Gasteiger partial charge in [0.2, 0.25) is 5.91 Å². The van der Waals surface area contributed by atoms with Crippen LogP contribution in [0.4, 0.5) is 0 Å². The van der Waals surface area contributed by atoms with Gasteiger partial charge in [-0.2, -0.15) is 0 Å². The van der Waals surface area contributed by atoms with E-state index in [1.54, 1.807) is 24.3 Å². The monoisotopic (exact) mass is 329 g/mol. The van der Waals surface area contributed by atoms with Crippen molar-refractivity contribution in [3.05, 3.63) is 35.4 Å². The van der Waals surface area contributed by atoms with Gasteiger partial charge in [0.25, 0.3) is 11.8 Å². The average molecular weight is 329 g/mol. The van der Waals surface area contributed by atoms with Gasteiger partial charge < -0.3 is 9.80 Å². The molecule has 2 aliphatic rings. The van der Waals surface area contributed by atoms with Crippen molar-refractivity contribution in [2.24, 2.45) is 0 Å². The van der Waals surface area contributed by atoms with Crippen molar-refractivity contribution in [3.8, 4) is 0 Å². The Labute approximate surface area is 142 Å². The second-order valence-corrected chi connectivity index (χ2v) is 6.58. The molecular weight excluding hydrogens is 306 g/mol. The van der Waals surface area contributed by atoms with Crippen LogP contribution in [0.5, 0.6) is 0 Å². The predicted octanol–water partition coefficient (Wildman–Crippen LogP) is 1.23. The Kier molecular flexibility index (Phi) is 4.66. The molecule has 6 nitrogen and oxygen atoms in total. The fraction of sp³-hybridized carbons (Fsp3) is 0.500. The van der Waals surface area contributed by atoms with E-state index in [1.165, 1.54) is 4.90 Å². The fourth-order valence-corrected chi connectivity index (χ4v) is 3.26. The van der Waals surface area contributed by atoms with Crippen molar-refractivity contribution in [1.29, 1.82) is 0 Å². The lowest BCUT2D eigenvalue weighted by Crippen LogP contribution is -2.52. The number of carbonyl (C=O) groups excluding carboxylic acids is 3. The first kappa shape index (κ1) is 16.6. The van der Waals surface area contributed by atoms with Crippen molar-refractivity contribution < 1.29 is 14.4 Å². The van der Waals surface area contributed by atoms with Crippen LogP contribution in [0.15, 0.2) is 24.3 Å². The molecule has 0 spiro atoms. The quantitative estimate of drug-likeness (QED) is 0.780. The lowest BCUT2D eigenvalue weighted by atomic mass is 10.1. The smallest absolute Gasteiger partial charge is 0.261 e. The zero-order valence-corrected chi connectivity index (χ0v) is 14.2. The Morgan fingerprint density at radius 1 is 1.12 bits per heavy atom. The van der Waals surface area contributed by atoms with Crippen LogP contribution in [0.1, 0.15) is 40.5 Å². The molecule has 2 aliphatic heterocycles. The summed E-state index contributed by atoms with van der Waals surface area (Å²) in [5.74, 6) is -0.404. The van der Waals surface area contributed by atoms with Crippen LogP contribution in [0.3, 0.4) is 0 Å². The second-order valence-electron chi connectivity index (χ2n) is 6.58. The van der Waals surface area contributed by atoms with Crippen LogP contribution >= 0.6 is 0 Å². The van der Waals surface area contributed by atoms with Crippen molar-refractivity contribution >= 4 is 17.7 Å². The van der Waals surface area contributed by atoms with E-state index >= 15 is 0 Å². The van der Waals surface area contributed by atoms with Gasteiger partial charge in [-0.3, -0.25) is 19.3 Å². The van der Waals surface area contributed by atoms with Crippen molar-refractivity contribution in [3.63, 3.8) is 0 Å². The molecular formula is C18H23N3O3. The normalized spacial score (nSPS) is 21.3. The molecule has 0 bridgehead atoms. The Morgan fingerprint density at radius 3 is 2.33 bits per heavy atom. The number of imide groups is 1. The lowest BCUT2D eigenvalue weighted by Gasteiger charge is -2.37. The maximum absolute atomic E-state index is 12.3. The number of fused-ring (bicyclic) bond motifs is 1. The summed E-state index contributed by atoms with van der Waals surface area (Å²) in [5, 5.41) is 0. The summed E-state index contributed by atoms with van der Waals surface area (Å²) in [5.41, 5.74) is 0.920. The van der Waals surface area contributed by atoms with E-state index in [0.29, 0.717) is 36.6 Å².